The van der Waals surface area contributed by atoms with Crippen LogP contribution in [0.1, 0.15) is 37.0 Å². The van der Waals surface area contributed by atoms with Crippen molar-refractivity contribution in [1.82, 2.24) is 0 Å². The van der Waals surface area contributed by atoms with Gasteiger partial charge in [0.2, 0.25) is 5.91 Å². The average molecular weight is 385 g/mol. The van der Waals surface area contributed by atoms with E-state index in [2.05, 4.69) is 60.8 Å². The molecule has 0 saturated carbocycles. The van der Waals surface area contributed by atoms with Crippen LogP contribution in [0.2, 0.25) is 0 Å². The molecule has 0 aliphatic heterocycles. The Morgan fingerprint density at radius 3 is 1.97 bits per heavy atom. The van der Waals surface area contributed by atoms with Crippen molar-refractivity contribution in [3.8, 4) is 0 Å². The van der Waals surface area contributed by atoms with Crippen LogP contribution in [-0.4, -0.2) is 11.6 Å². The van der Waals surface area contributed by atoms with Crippen molar-refractivity contribution < 1.29 is 4.79 Å². The van der Waals surface area contributed by atoms with Crippen LogP contribution < -0.4 is 5.32 Å². The summed E-state index contributed by atoms with van der Waals surface area (Å²) in [6.07, 6.45) is 2.19. The number of hydrogen-bond acceptors (Lipinski definition) is 2. The van der Waals surface area contributed by atoms with Crippen molar-refractivity contribution in [3.05, 3.63) is 102 Å². The Morgan fingerprint density at radius 1 is 0.862 bits per heavy atom. The van der Waals surface area contributed by atoms with Gasteiger partial charge < -0.3 is 10.7 Å². The molecule has 0 aromatic heterocycles. The van der Waals surface area contributed by atoms with E-state index in [-0.39, 0.29) is 11.3 Å². The van der Waals surface area contributed by atoms with Gasteiger partial charge in [-0.1, -0.05) is 79.7 Å². The topological polar surface area (TPSA) is 53.0 Å². The SMILES string of the molecule is CC(=O)Nc1ccc(C(C)(CC(=N)Cc2ccccc2)Cc2ccccc2)cc1. The summed E-state index contributed by atoms with van der Waals surface area (Å²) in [5, 5.41) is 11.5. The van der Waals surface area contributed by atoms with Crippen molar-refractivity contribution in [2.24, 2.45) is 0 Å². The Kier molecular flexibility index (Phi) is 6.61. The van der Waals surface area contributed by atoms with Gasteiger partial charge in [0.1, 0.15) is 0 Å². The summed E-state index contributed by atoms with van der Waals surface area (Å²) >= 11 is 0. The molecular formula is C26H28N2O. The lowest BCUT2D eigenvalue weighted by atomic mass is 9.73. The Hall–Kier alpha value is -3.20. The zero-order valence-corrected chi connectivity index (χ0v) is 17.1. The zero-order chi connectivity index (χ0) is 20.7. The number of amides is 1. The van der Waals surface area contributed by atoms with Gasteiger partial charge in [0.05, 0.1) is 0 Å². The minimum absolute atomic E-state index is 0.0746. The molecule has 0 radical (unpaired) electrons. The van der Waals surface area contributed by atoms with Gasteiger partial charge in [0.25, 0.3) is 0 Å². The smallest absolute Gasteiger partial charge is 0.221 e. The second-order valence-electron chi connectivity index (χ2n) is 7.92. The minimum atomic E-state index is -0.206. The summed E-state index contributed by atoms with van der Waals surface area (Å²) in [5.41, 5.74) is 4.91. The first kappa shape index (κ1) is 20.5. The Morgan fingerprint density at radius 2 is 1.41 bits per heavy atom. The third-order valence-electron chi connectivity index (χ3n) is 5.20. The normalized spacial score (nSPS) is 12.8. The first-order valence-electron chi connectivity index (χ1n) is 9.97. The van der Waals surface area contributed by atoms with Gasteiger partial charge in [-0.25, -0.2) is 0 Å². The van der Waals surface area contributed by atoms with Crippen molar-refractivity contribution in [2.75, 3.05) is 5.32 Å². The highest BCUT2D eigenvalue weighted by Crippen LogP contribution is 2.33. The third-order valence-corrected chi connectivity index (χ3v) is 5.20. The van der Waals surface area contributed by atoms with Gasteiger partial charge in [-0.15, -0.1) is 0 Å². The molecule has 0 aliphatic carbocycles. The lowest BCUT2D eigenvalue weighted by Gasteiger charge is -2.31. The molecule has 2 N–H and O–H groups in total. The van der Waals surface area contributed by atoms with Crippen LogP contribution >= 0.6 is 0 Å². The third kappa shape index (κ3) is 5.89. The first-order chi connectivity index (χ1) is 13.9. The van der Waals surface area contributed by atoms with E-state index in [1.807, 2.05) is 36.4 Å². The first-order valence-corrected chi connectivity index (χ1v) is 9.97. The van der Waals surface area contributed by atoms with Crippen LogP contribution in [0, 0.1) is 5.41 Å². The average Bonchev–Trinajstić information content (AvgIpc) is 2.69. The maximum absolute atomic E-state index is 11.3. The predicted octanol–water partition coefficient (Wildman–Crippen LogP) is 5.80. The molecule has 29 heavy (non-hydrogen) atoms. The largest absolute Gasteiger partial charge is 0.326 e. The summed E-state index contributed by atoms with van der Waals surface area (Å²) < 4.78 is 0. The van der Waals surface area contributed by atoms with Gasteiger partial charge in [-0.2, -0.15) is 0 Å². The lowest BCUT2D eigenvalue weighted by Crippen LogP contribution is -2.29. The van der Waals surface area contributed by atoms with Gasteiger partial charge in [0.15, 0.2) is 0 Å². The van der Waals surface area contributed by atoms with E-state index in [4.69, 9.17) is 5.41 Å². The molecule has 3 aromatic carbocycles. The monoisotopic (exact) mass is 384 g/mol. The predicted molar refractivity (Wildman–Crippen MR) is 121 cm³/mol. The maximum atomic E-state index is 11.3. The fraction of sp³-hybridized carbons (Fsp3) is 0.231. The second kappa shape index (κ2) is 9.33. The molecule has 0 saturated heterocycles. The molecule has 0 heterocycles. The van der Waals surface area contributed by atoms with E-state index < -0.39 is 0 Å². The van der Waals surface area contributed by atoms with E-state index in [0.29, 0.717) is 12.8 Å². The highest BCUT2D eigenvalue weighted by molar-refractivity contribution is 5.88. The second-order valence-corrected chi connectivity index (χ2v) is 7.92. The molecule has 1 atom stereocenters. The Labute approximate surface area is 173 Å². The van der Waals surface area contributed by atoms with Crippen LogP contribution in [0.3, 0.4) is 0 Å². The number of carbonyl (C=O) groups excluding carboxylic acids is 1. The molecule has 0 spiro atoms. The fourth-order valence-electron chi connectivity index (χ4n) is 3.85. The van der Waals surface area contributed by atoms with Gasteiger partial charge in [-0.3, -0.25) is 4.79 Å². The summed E-state index contributed by atoms with van der Waals surface area (Å²) in [7, 11) is 0. The molecule has 3 aromatic rings. The van der Waals surface area contributed by atoms with Gasteiger partial charge >= 0.3 is 0 Å². The summed E-state index contributed by atoms with van der Waals surface area (Å²) in [5.74, 6) is -0.0746. The van der Waals surface area contributed by atoms with Crippen molar-refractivity contribution in [2.45, 2.75) is 38.5 Å². The Balaban J connectivity index is 1.84. The number of hydrogen-bond donors (Lipinski definition) is 2. The highest BCUT2D eigenvalue weighted by atomic mass is 16.1. The molecule has 3 heteroatoms. The van der Waals surface area contributed by atoms with Crippen LogP contribution in [-0.2, 0) is 23.1 Å². The van der Waals surface area contributed by atoms with E-state index in [1.54, 1.807) is 0 Å². The number of anilines is 1. The zero-order valence-electron chi connectivity index (χ0n) is 17.1. The van der Waals surface area contributed by atoms with Gasteiger partial charge in [0, 0.05) is 30.2 Å². The van der Waals surface area contributed by atoms with Gasteiger partial charge in [-0.05, 0) is 41.7 Å². The summed E-state index contributed by atoms with van der Waals surface area (Å²) in [6.45, 7) is 3.74. The maximum Gasteiger partial charge on any atom is 0.221 e. The van der Waals surface area contributed by atoms with E-state index in [0.717, 1.165) is 17.8 Å². The molecular weight excluding hydrogens is 356 g/mol. The minimum Gasteiger partial charge on any atom is -0.326 e. The lowest BCUT2D eigenvalue weighted by molar-refractivity contribution is -0.114. The molecule has 0 fully saturated rings. The number of nitrogens with one attached hydrogen (secondary N) is 2. The summed E-state index contributed by atoms with van der Waals surface area (Å²) in [6, 6.07) is 28.7. The van der Waals surface area contributed by atoms with E-state index in [1.165, 1.54) is 23.6 Å². The van der Waals surface area contributed by atoms with Crippen LogP contribution in [0.25, 0.3) is 0 Å². The Bertz CT molecular complexity index is 949. The van der Waals surface area contributed by atoms with Crippen molar-refractivity contribution in [1.29, 1.82) is 5.41 Å². The molecule has 1 unspecified atom stereocenters. The van der Waals surface area contributed by atoms with Crippen LogP contribution in [0.4, 0.5) is 5.69 Å². The molecule has 3 nitrogen and oxygen atoms in total. The molecule has 0 aliphatic rings. The number of carbonyl (C=O) groups is 1. The summed E-state index contributed by atoms with van der Waals surface area (Å²) in [4.78, 5) is 11.3. The van der Waals surface area contributed by atoms with Crippen molar-refractivity contribution in [3.63, 3.8) is 0 Å². The van der Waals surface area contributed by atoms with E-state index in [9.17, 15) is 4.79 Å². The van der Waals surface area contributed by atoms with Crippen LogP contribution in [0.5, 0.6) is 0 Å². The fourth-order valence-corrected chi connectivity index (χ4v) is 3.85. The quantitative estimate of drug-likeness (QED) is 0.474. The molecule has 1 amide bonds. The number of rotatable bonds is 8. The molecule has 148 valence electrons. The molecule has 0 bridgehead atoms. The van der Waals surface area contributed by atoms with Crippen molar-refractivity contribution >= 4 is 17.3 Å². The number of benzene rings is 3. The van der Waals surface area contributed by atoms with Crippen LogP contribution in [0.15, 0.2) is 84.9 Å². The highest BCUT2D eigenvalue weighted by Gasteiger charge is 2.28. The van der Waals surface area contributed by atoms with E-state index >= 15 is 0 Å². The molecule has 3 rings (SSSR count). The standard InChI is InChI=1S/C26H28N2O/c1-20(29)28-25-15-13-23(14-16-25)26(2,18-22-11-7-4-8-12-22)19-24(27)17-21-9-5-3-6-10-21/h3-16,27H,17-19H2,1-2H3,(H,28,29).